The first kappa shape index (κ1) is 16.6. The summed E-state index contributed by atoms with van der Waals surface area (Å²) in [6, 6.07) is 4.44. The Hall–Kier alpha value is -2.46. The van der Waals surface area contributed by atoms with Gasteiger partial charge in [0.15, 0.2) is 0 Å². The second-order valence-corrected chi connectivity index (χ2v) is 4.69. The van der Waals surface area contributed by atoms with Crippen LogP contribution in [0.5, 0.6) is 0 Å². The lowest BCUT2D eigenvalue weighted by Crippen LogP contribution is -2.31. The molecule has 7 heteroatoms. The summed E-state index contributed by atoms with van der Waals surface area (Å²) in [4.78, 5) is 21.8. The van der Waals surface area contributed by atoms with Gasteiger partial charge in [0.1, 0.15) is 17.9 Å². The molecule has 0 aromatic heterocycles. The Bertz CT molecular complexity index is 583. The average Bonchev–Trinajstić information content (AvgIpc) is 2.42. The minimum absolute atomic E-state index is 0.0189. The van der Waals surface area contributed by atoms with Gasteiger partial charge >= 0.3 is 11.9 Å². The third-order valence-electron chi connectivity index (χ3n) is 3.13. The lowest BCUT2D eigenvalue weighted by molar-refractivity contribution is -0.143. The summed E-state index contributed by atoms with van der Waals surface area (Å²) in [5, 5.41) is 26.4. The van der Waals surface area contributed by atoms with Crippen molar-refractivity contribution < 1.29 is 24.2 Å². The highest BCUT2D eigenvalue weighted by molar-refractivity contribution is 5.73. The minimum Gasteiger partial charge on any atom is -0.481 e. The Balaban J connectivity index is 2.75. The van der Waals surface area contributed by atoms with Gasteiger partial charge in [0.05, 0.1) is 11.5 Å². The fraction of sp³-hybridized carbons (Fsp3) is 0.357. The third-order valence-corrected chi connectivity index (χ3v) is 3.13. The molecule has 1 aromatic carbocycles. The van der Waals surface area contributed by atoms with Crippen LogP contribution >= 0.6 is 0 Å². The lowest BCUT2D eigenvalue weighted by Gasteiger charge is -2.14. The standard InChI is InChI=1S/C14H15FN2O4/c15-11-6-8(1-2-10(11)7-16)5-9(13(18)19)3-4-12(17)14(20)21/h1-2,6,9,12H,3-5,17H2,(H,18,19)(H,20,21)/t9-,12+/m1/s1. The molecule has 0 saturated heterocycles. The van der Waals surface area contributed by atoms with Crippen molar-refractivity contribution in [2.75, 3.05) is 0 Å². The summed E-state index contributed by atoms with van der Waals surface area (Å²) < 4.78 is 13.5. The lowest BCUT2D eigenvalue weighted by atomic mass is 9.92. The highest BCUT2D eigenvalue weighted by Crippen LogP contribution is 2.18. The predicted molar refractivity (Wildman–Crippen MR) is 70.8 cm³/mol. The van der Waals surface area contributed by atoms with E-state index >= 15 is 0 Å². The number of nitriles is 1. The van der Waals surface area contributed by atoms with E-state index < -0.39 is 29.7 Å². The molecule has 6 nitrogen and oxygen atoms in total. The molecule has 0 saturated carbocycles. The quantitative estimate of drug-likeness (QED) is 0.692. The molecule has 0 spiro atoms. The topological polar surface area (TPSA) is 124 Å². The first-order valence-electron chi connectivity index (χ1n) is 6.25. The fourth-order valence-electron chi connectivity index (χ4n) is 1.88. The van der Waals surface area contributed by atoms with Gasteiger partial charge < -0.3 is 15.9 Å². The first-order valence-corrected chi connectivity index (χ1v) is 6.25. The molecule has 1 rings (SSSR count). The highest BCUT2D eigenvalue weighted by atomic mass is 19.1. The van der Waals surface area contributed by atoms with E-state index in [1.165, 1.54) is 12.1 Å². The number of nitrogens with zero attached hydrogens (tertiary/aromatic N) is 1. The number of nitrogens with two attached hydrogens (primary N) is 1. The van der Waals surface area contributed by atoms with Gasteiger partial charge in [-0.15, -0.1) is 0 Å². The van der Waals surface area contributed by atoms with Crippen molar-refractivity contribution in [3.8, 4) is 6.07 Å². The van der Waals surface area contributed by atoms with Crippen LogP contribution in [0.1, 0.15) is 24.0 Å². The molecule has 0 bridgehead atoms. The van der Waals surface area contributed by atoms with Crippen molar-refractivity contribution in [2.24, 2.45) is 11.7 Å². The number of hydrogen-bond acceptors (Lipinski definition) is 4. The first-order chi connectivity index (χ1) is 9.85. The monoisotopic (exact) mass is 294 g/mol. The van der Waals surface area contributed by atoms with Crippen LogP contribution in [0, 0.1) is 23.1 Å². The molecule has 0 radical (unpaired) electrons. The smallest absolute Gasteiger partial charge is 0.320 e. The number of aliphatic carboxylic acids is 2. The van der Waals surface area contributed by atoms with E-state index in [-0.39, 0.29) is 24.8 Å². The summed E-state index contributed by atoms with van der Waals surface area (Å²) in [6.45, 7) is 0. The molecule has 0 amide bonds. The van der Waals surface area contributed by atoms with Crippen molar-refractivity contribution in [3.63, 3.8) is 0 Å². The van der Waals surface area contributed by atoms with Crippen LogP contribution in [0.25, 0.3) is 0 Å². The van der Waals surface area contributed by atoms with Crippen LogP contribution in [-0.4, -0.2) is 28.2 Å². The molecular weight excluding hydrogens is 279 g/mol. The van der Waals surface area contributed by atoms with E-state index in [4.69, 9.17) is 21.2 Å². The van der Waals surface area contributed by atoms with Crippen LogP contribution in [-0.2, 0) is 16.0 Å². The Kier molecular flexibility index (Phi) is 5.81. The maximum Gasteiger partial charge on any atom is 0.320 e. The number of rotatable bonds is 7. The third kappa shape index (κ3) is 4.85. The molecule has 1 aromatic rings. The normalized spacial score (nSPS) is 13.2. The van der Waals surface area contributed by atoms with E-state index in [0.717, 1.165) is 6.07 Å². The molecule has 0 aliphatic heterocycles. The van der Waals surface area contributed by atoms with Gasteiger partial charge in [0.25, 0.3) is 0 Å². The SMILES string of the molecule is N#Cc1ccc(C[C@@H](CC[C@H](N)C(=O)O)C(=O)O)cc1F. The van der Waals surface area contributed by atoms with Crippen LogP contribution < -0.4 is 5.73 Å². The van der Waals surface area contributed by atoms with Crippen molar-refractivity contribution in [2.45, 2.75) is 25.3 Å². The van der Waals surface area contributed by atoms with Crippen LogP contribution in [0.2, 0.25) is 0 Å². The van der Waals surface area contributed by atoms with E-state index in [9.17, 15) is 14.0 Å². The second-order valence-electron chi connectivity index (χ2n) is 4.69. The van der Waals surface area contributed by atoms with Crippen LogP contribution in [0.3, 0.4) is 0 Å². The zero-order valence-electron chi connectivity index (χ0n) is 11.1. The molecule has 2 atom stereocenters. The van der Waals surface area contributed by atoms with Crippen LogP contribution in [0.15, 0.2) is 18.2 Å². The van der Waals surface area contributed by atoms with E-state index in [0.29, 0.717) is 5.56 Å². The van der Waals surface area contributed by atoms with Gasteiger partial charge in [-0.05, 0) is 37.0 Å². The molecule has 0 heterocycles. The van der Waals surface area contributed by atoms with Crippen molar-refractivity contribution in [1.82, 2.24) is 0 Å². The van der Waals surface area contributed by atoms with Gasteiger partial charge in [-0.25, -0.2) is 4.39 Å². The zero-order valence-corrected chi connectivity index (χ0v) is 11.1. The highest BCUT2D eigenvalue weighted by Gasteiger charge is 2.21. The minimum atomic E-state index is -1.19. The molecule has 4 N–H and O–H groups in total. The number of hydrogen-bond donors (Lipinski definition) is 3. The predicted octanol–water partition coefficient (Wildman–Crippen LogP) is 1.13. The second kappa shape index (κ2) is 7.36. The molecule has 21 heavy (non-hydrogen) atoms. The van der Waals surface area contributed by atoms with Gasteiger partial charge in [-0.3, -0.25) is 9.59 Å². The van der Waals surface area contributed by atoms with E-state index in [1.807, 2.05) is 0 Å². The van der Waals surface area contributed by atoms with Crippen molar-refractivity contribution >= 4 is 11.9 Å². The summed E-state index contributed by atoms with van der Waals surface area (Å²) in [5.74, 6) is -3.86. The summed E-state index contributed by atoms with van der Waals surface area (Å²) in [6.07, 6.45) is 0.139. The Morgan fingerprint density at radius 1 is 1.29 bits per heavy atom. The number of halogens is 1. The van der Waals surface area contributed by atoms with Gasteiger partial charge in [0, 0.05) is 0 Å². The maximum absolute atomic E-state index is 13.5. The Morgan fingerprint density at radius 2 is 1.95 bits per heavy atom. The van der Waals surface area contributed by atoms with Gasteiger partial charge in [-0.2, -0.15) is 5.26 Å². The van der Waals surface area contributed by atoms with Crippen LogP contribution in [0.4, 0.5) is 4.39 Å². The Morgan fingerprint density at radius 3 is 2.43 bits per heavy atom. The summed E-state index contributed by atoms with van der Waals surface area (Å²) in [5.41, 5.74) is 5.65. The molecule has 0 aliphatic carbocycles. The average molecular weight is 294 g/mol. The van der Waals surface area contributed by atoms with E-state index in [2.05, 4.69) is 0 Å². The Labute approximate surface area is 120 Å². The number of benzene rings is 1. The summed E-state index contributed by atoms with van der Waals surface area (Å²) >= 11 is 0. The zero-order chi connectivity index (χ0) is 16.0. The van der Waals surface area contributed by atoms with Gasteiger partial charge in [-0.1, -0.05) is 6.07 Å². The fourth-order valence-corrected chi connectivity index (χ4v) is 1.88. The number of carboxylic acid groups (broad SMARTS) is 2. The molecule has 0 unspecified atom stereocenters. The molecule has 0 fully saturated rings. The summed E-state index contributed by atoms with van der Waals surface area (Å²) in [7, 11) is 0. The van der Waals surface area contributed by atoms with E-state index in [1.54, 1.807) is 6.07 Å². The number of carboxylic acids is 2. The molecule has 112 valence electrons. The van der Waals surface area contributed by atoms with Crippen molar-refractivity contribution in [1.29, 1.82) is 5.26 Å². The van der Waals surface area contributed by atoms with Gasteiger partial charge in [0.2, 0.25) is 0 Å². The molecule has 0 aliphatic rings. The van der Waals surface area contributed by atoms with Crippen molar-refractivity contribution in [3.05, 3.63) is 35.1 Å². The molecular formula is C14H15FN2O4. The maximum atomic E-state index is 13.5. The number of carbonyl (C=O) groups is 2. The largest absolute Gasteiger partial charge is 0.481 e.